The Labute approximate surface area is 168 Å². The predicted octanol–water partition coefficient (Wildman–Crippen LogP) is 3.52. The van der Waals surface area contributed by atoms with Crippen LogP contribution in [0.5, 0.6) is 11.8 Å². The molecule has 0 unspecified atom stereocenters. The Kier molecular flexibility index (Phi) is 6.01. The highest BCUT2D eigenvalue weighted by atomic mass is 32.2. The number of H-pyrrole nitrogens is 1. The van der Waals surface area contributed by atoms with Gasteiger partial charge in [0.05, 0.1) is 19.8 Å². The summed E-state index contributed by atoms with van der Waals surface area (Å²) in [4.78, 5) is 10.0. The number of benzene rings is 1. The molecule has 0 saturated heterocycles. The molecule has 0 aliphatic rings. The number of aromatic nitrogens is 3. The van der Waals surface area contributed by atoms with Crippen LogP contribution in [0.4, 0.5) is 23.5 Å². The zero-order valence-electron chi connectivity index (χ0n) is 15.6. The second kappa shape index (κ2) is 8.34. The third-order valence-electron chi connectivity index (χ3n) is 4.11. The van der Waals surface area contributed by atoms with Gasteiger partial charge in [-0.05, 0) is 6.07 Å². The maximum absolute atomic E-state index is 12.8. The number of alkyl halides is 4. The number of anilines is 1. The molecule has 2 heterocycles. The molecule has 0 aliphatic carbocycles. The van der Waals surface area contributed by atoms with Gasteiger partial charge in [-0.2, -0.15) is 9.97 Å². The first-order chi connectivity index (χ1) is 14.2. The second-order valence-corrected chi connectivity index (χ2v) is 7.65. The van der Waals surface area contributed by atoms with E-state index in [1.165, 1.54) is 20.3 Å². The number of hydrogen-bond donors (Lipinski definition) is 2. The molecule has 3 rings (SSSR count). The first kappa shape index (κ1) is 21.6. The number of rotatable bonds is 8. The Bertz CT molecular complexity index is 1140. The summed E-state index contributed by atoms with van der Waals surface area (Å²) < 4.78 is 88.9. The highest BCUT2D eigenvalue weighted by Gasteiger charge is 2.25. The largest absolute Gasteiger partial charge is 0.481 e. The van der Waals surface area contributed by atoms with Gasteiger partial charge < -0.3 is 14.5 Å². The van der Waals surface area contributed by atoms with Crippen molar-refractivity contribution in [2.45, 2.75) is 24.2 Å². The molecule has 0 atom stereocenters. The van der Waals surface area contributed by atoms with Gasteiger partial charge in [-0.3, -0.25) is 0 Å². The van der Waals surface area contributed by atoms with Crippen LogP contribution in [-0.2, 0) is 16.4 Å². The van der Waals surface area contributed by atoms with E-state index in [0.29, 0.717) is 0 Å². The SMILES string of the molecule is COc1nc(NS(=O)(=O)c2c[nH]c3cc(C(F)F)ccc23)nc(OC)c1CC(F)F. The van der Waals surface area contributed by atoms with Crippen LogP contribution in [0.25, 0.3) is 10.9 Å². The van der Waals surface area contributed by atoms with Gasteiger partial charge in [0.2, 0.25) is 24.1 Å². The van der Waals surface area contributed by atoms with E-state index in [1.54, 1.807) is 0 Å². The molecule has 13 heteroatoms. The molecule has 0 radical (unpaired) electrons. The number of nitrogens with one attached hydrogen (secondary N) is 2. The van der Waals surface area contributed by atoms with Gasteiger partial charge in [0.1, 0.15) is 4.90 Å². The fourth-order valence-corrected chi connectivity index (χ4v) is 3.93. The molecule has 30 heavy (non-hydrogen) atoms. The zero-order chi connectivity index (χ0) is 22.1. The molecule has 0 fully saturated rings. The van der Waals surface area contributed by atoms with Crippen molar-refractivity contribution in [1.82, 2.24) is 15.0 Å². The Morgan fingerprint density at radius 1 is 1.10 bits per heavy atom. The Hall–Kier alpha value is -3.09. The number of nitrogens with zero attached hydrogens (tertiary/aromatic N) is 2. The van der Waals surface area contributed by atoms with E-state index < -0.39 is 35.2 Å². The minimum absolute atomic E-state index is 0.121. The molecule has 0 aliphatic heterocycles. The maximum Gasteiger partial charge on any atom is 0.266 e. The fourth-order valence-electron chi connectivity index (χ4n) is 2.81. The number of methoxy groups -OCH3 is 2. The van der Waals surface area contributed by atoms with E-state index in [0.717, 1.165) is 18.3 Å². The summed E-state index contributed by atoms with van der Waals surface area (Å²) in [5.41, 5.74) is -0.199. The summed E-state index contributed by atoms with van der Waals surface area (Å²) in [5, 5.41) is 0.167. The van der Waals surface area contributed by atoms with Gasteiger partial charge in [0.15, 0.2) is 0 Å². The number of sulfonamides is 1. The fraction of sp³-hybridized carbons (Fsp3) is 0.294. The molecule has 0 bridgehead atoms. The number of aromatic amines is 1. The number of ether oxygens (including phenoxy) is 2. The second-order valence-electron chi connectivity index (χ2n) is 6.00. The Balaban J connectivity index is 2.00. The highest BCUT2D eigenvalue weighted by Crippen LogP contribution is 2.31. The molecule has 1 aromatic carbocycles. The Morgan fingerprint density at radius 2 is 1.73 bits per heavy atom. The minimum Gasteiger partial charge on any atom is -0.481 e. The van der Waals surface area contributed by atoms with Crippen LogP contribution in [0.2, 0.25) is 0 Å². The maximum atomic E-state index is 12.8. The van der Waals surface area contributed by atoms with Gasteiger partial charge in [-0.25, -0.2) is 30.7 Å². The van der Waals surface area contributed by atoms with E-state index in [-0.39, 0.29) is 38.7 Å². The molecule has 2 N–H and O–H groups in total. The lowest BCUT2D eigenvalue weighted by Gasteiger charge is -2.13. The van der Waals surface area contributed by atoms with Gasteiger partial charge in [-0.15, -0.1) is 0 Å². The van der Waals surface area contributed by atoms with Crippen LogP contribution >= 0.6 is 0 Å². The van der Waals surface area contributed by atoms with E-state index in [4.69, 9.17) is 9.47 Å². The zero-order valence-corrected chi connectivity index (χ0v) is 16.4. The van der Waals surface area contributed by atoms with Gasteiger partial charge in [0, 0.05) is 29.1 Å². The number of halogens is 4. The van der Waals surface area contributed by atoms with Crippen LogP contribution in [0.15, 0.2) is 29.3 Å². The lowest BCUT2D eigenvalue weighted by molar-refractivity contribution is 0.146. The summed E-state index contributed by atoms with van der Waals surface area (Å²) >= 11 is 0. The number of hydrogen-bond acceptors (Lipinski definition) is 6. The third-order valence-corrected chi connectivity index (χ3v) is 5.48. The van der Waals surface area contributed by atoms with Crippen molar-refractivity contribution >= 4 is 26.9 Å². The molecule has 162 valence electrons. The van der Waals surface area contributed by atoms with E-state index in [1.807, 2.05) is 0 Å². The van der Waals surface area contributed by atoms with Gasteiger partial charge >= 0.3 is 0 Å². The summed E-state index contributed by atoms with van der Waals surface area (Å²) in [6.07, 6.45) is -5.07. The molecular weight excluding hydrogens is 432 g/mol. The van der Waals surface area contributed by atoms with Crippen molar-refractivity contribution in [1.29, 1.82) is 0 Å². The predicted molar refractivity (Wildman–Crippen MR) is 98.9 cm³/mol. The van der Waals surface area contributed by atoms with Crippen molar-refractivity contribution in [2.75, 3.05) is 18.9 Å². The quantitative estimate of drug-likeness (QED) is 0.511. The minimum atomic E-state index is -4.27. The molecule has 0 saturated carbocycles. The molecule has 8 nitrogen and oxygen atoms in total. The molecule has 2 aromatic heterocycles. The van der Waals surface area contributed by atoms with Crippen LogP contribution in [0, 0.1) is 0 Å². The average Bonchev–Trinajstić information content (AvgIpc) is 3.12. The summed E-state index contributed by atoms with van der Waals surface area (Å²) in [7, 11) is -1.92. The van der Waals surface area contributed by atoms with Crippen molar-refractivity contribution in [3.8, 4) is 11.8 Å². The Morgan fingerprint density at radius 3 is 2.27 bits per heavy atom. The van der Waals surface area contributed by atoms with Crippen LogP contribution < -0.4 is 14.2 Å². The normalized spacial score (nSPS) is 12.0. The summed E-state index contributed by atoms with van der Waals surface area (Å²) in [6.45, 7) is 0. The van der Waals surface area contributed by atoms with Crippen LogP contribution in [0.1, 0.15) is 17.6 Å². The van der Waals surface area contributed by atoms with E-state index in [2.05, 4.69) is 19.7 Å². The van der Waals surface area contributed by atoms with Crippen molar-refractivity contribution < 1.29 is 35.5 Å². The van der Waals surface area contributed by atoms with E-state index >= 15 is 0 Å². The average molecular weight is 448 g/mol. The van der Waals surface area contributed by atoms with Gasteiger partial charge in [-0.1, -0.05) is 12.1 Å². The first-order valence-electron chi connectivity index (χ1n) is 8.35. The van der Waals surface area contributed by atoms with Crippen LogP contribution in [0.3, 0.4) is 0 Å². The topological polar surface area (TPSA) is 106 Å². The lowest BCUT2D eigenvalue weighted by atomic mass is 10.2. The van der Waals surface area contributed by atoms with Gasteiger partial charge in [0.25, 0.3) is 16.4 Å². The first-order valence-corrected chi connectivity index (χ1v) is 9.83. The summed E-state index contributed by atoms with van der Waals surface area (Å²) in [6, 6.07) is 3.50. The van der Waals surface area contributed by atoms with Crippen LogP contribution in [-0.4, -0.2) is 44.0 Å². The van der Waals surface area contributed by atoms with Crippen molar-refractivity contribution in [3.63, 3.8) is 0 Å². The standard InChI is InChI=1S/C17H16F4N4O4S/c1-28-15-10(6-13(18)19)16(29-2)24-17(23-15)25-30(26,27)12-7-22-11-5-8(14(20)21)3-4-9(11)12/h3-5,7,13-14,22H,6H2,1-2H3,(H,23,24,25). The third kappa shape index (κ3) is 4.25. The highest BCUT2D eigenvalue weighted by molar-refractivity contribution is 7.93. The molecular formula is C17H16F4N4O4S. The molecule has 0 spiro atoms. The molecule has 0 amide bonds. The van der Waals surface area contributed by atoms with Crippen molar-refractivity contribution in [2.24, 2.45) is 0 Å². The smallest absolute Gasteiger partial charge is 0.266 e. The van der Waals surface area contributed by atoms with Crippen molar-refractivity contribution in [3.05, 3.63) is 35.5 Å². The lowest BCUT2D eigenvalue weighted by Crippen LogP contribution is -2.16. The monoisotopic (exact) mass is 448 g/mol. The van der Waals surface area contributed by atoms with E-state index in [9.17, 15) is 26.0 Å². The summed E-state index contributed by atoms with van der Waals surface area (Å²) in [5.74, 6) is -1.03. The molecule has 3 aromatic rings. The number of fused-ring (bicyclic) bond motifs is 1.